The summed E-state index contributed by atoms with van der Waals surface area (Å²) in [6, 6.07) is 6.13. The lowest BCUT2D eigenvalue weighted by Gasteiger charge is -2.08. The van der Waals surface area contributed by atoms with Crippen LogP contribution in [0.5, 0.6) is 0 Å². The molecule has 2 heteroatoms. The third-order valence-electron chi connectivity index (χ3n) is 3.10. The first-order valence-electron chi connectivity index (χ1n) is 5.46. The third-order valence-corrected chi connectivity index (χ3v) is 3.10. The molecule has 0 unspecified atom stereocenters. The van der Waals surface area contributed by atoms with Gasteiger partial charge in [0, 0.05) is 11.6 Å². The number of aryl methyl sites for hydroxylation is 2. The molecule has 1 aromatic carbocycles. The summed E-state index contributed by atoms with van der Waals surface area (Å²) in [7, 11) is 0. The van der Waals surface area contributed by atoms with E-state index in [2.05, 4.69) is 18.3 Å². The Bertz CT molecular complexity index is 398. The van der Waals surface area contributed by atoms with Crippen LogP contribution < -0.4 is 5.32 Å². The van der Waals surface area contributed by atoms with Gasteiger partial charge in [-0.05, 0) is 43.4 Å². The number of amides is 1. The minimum Gasteiger partial charge on any atom is -0.326 e. The van der Waals surface area contributed by atoms with Crippen molar-refractivity contribution in [2.45, 2.75) is 27.2 Å². The van der Waals surface area contributed by atoms with Gasteiger partial charge in [0.15, 0.2) is 0 Å². The summed E-state index contributed by atoms with van der Waals surface area (Å²) in [6.07, 6.45) is 1.04. The van der Waals surface area contributed by atoms with Gasteiger partial charge in [-0.1, -0.05) is 19.1 Å². The maximum atomic E-state index is 11.7. The normalized spacial score (nSPS) is 23.7. The smallest absolute Gasteiger partial charge is 0.227 e. The van der Waals surface area contributed by atoms with Crippen molar-refractivity contribution < 1.29 is 4.79 Å². The van der Waals surface area contributed by atoms with Crippen molar-refractivity contribution in [3.63, 3.8) is 0 Å². The van der Waals surface area contributed by atoms with E-state index in [1.54, 1.807) is 0 Å². The Hall–Kier alpha value is -1.31. The maximum absolute atomic E-state index is 11.7. The minimum atomic E-state index is 0.177. The molecule has 2 atom stereocenters. The molecule has 1 amide bonds. The SMILES string of the molecule is Cc1ccc(C)c(NC(=O)[C@@H]2C[C@H]2C)c1. The number of benzene rings is 1. The van der Waals surface area contributed by atoms with E-state index >= 15 is 0 Å². The van der Waals surface area contributed by atoms with Crippen molar-refractivity contribution in [1.29, 1.82) is 0 Å². The van der Waals surface area contributed by atoms with E-state index in [1.165, 1.54) is 5.56 Å². The third kappa shape index (κ3) is 2.20. The quantitative estimate of drug-likeness (QED) is 0.786. The molecule has 0 radical (unpaired) electrons. The highest BCUT2D eigenvalue weighted by atomic mass is 16.2. The monoisotopic (exact) mass is 203 g/mol. The van der Waals surface area contributed by atoms with Crippen LogP contribution in [-0.4, -0.2) is 5.91 Å². The molecule has 2 rings (SSSR count). The van der Waals surface area contributed by atoms with Crippen LogP contribution in [0.4, 0.5) is 5.69 Å². The highest BCUT2D eigenvalue weighted by molar-refractivity contribution is 5.95. The van der Waals surface area contributed by atoms with E-state index in [9.17, 15) is 4.79 Å². The fourth-order valence-corrected chi connectivity index (χ4v) is 1.78. The second kappa shape index (κ2) is 3.69. The predicted molar refractivity (Wildman–Crippen MR) is 61.8 cm³/mol. The Morgan fingerprint density at radius 1 is 1.40 bits per heavy atom. The lowest BCUT2D eigenvalue weighted by atomic mass is 10.1. The predicted octanol–water partition coefficient (Wildman–Crippen LogP) is 2.90. The first-order valence-corrected chi connectivity index (χ1v) is 5.46. The summed E-state index contributed by atoms with van der Waals surface area (Å²) in [5.41, 5.74) is 3.26. The molecule has 80 valence electrons. The second-order valence-corrected chi connectivity index (χ2v) is 4.63. The average Bonchev–Trinajstić information content (AvgIpc) is 2.89. The maximum Gasteiger partial charge on any atom is 0.227 e. The molecule has 1 aliphatic carbocycles. The molecule has 1 saturated carbocycles. The number of nitrogens with one attached hydrogen (secondary N) is 1. The van der Waals surface area contributed by atoms with Crippen molar-refractivity contribution in [3.05, 3.63) is 29.3 Å². The van der Waals surface area contributed by atoms with Crippen LogP contribution in [0.15, 0.2) is 18.2 Å². The molecule has 1 aromatic rings. The van der Waals surface area contributed by atoms with Crippen molar-refractivity contribution in [3.8, 4) is 0 Å². The topological polar surface area (TPSA) is 29.1 Å². The summed E-state index contributed by atoms with van der Waals surface area (Å²) < 4.78 is 0. The molecule has 0 heterocycles. The summed E-state index contributed by atoms with van der Waals surface area (Å²) in [5.74, 6) is 0.983. The van der Waals surface area contributed by atoms with Crippen molar-refractivity contribution >= 4 is 11.6 Å². The van der Waals surface area contributed by atoms with E-state index in [1.807, 2.05) is 26.0 Å². The number of rotatable bonds is 2. The lowest BCUT2D eigenvalue weighted by molar-refractivity contribution is -0.117. The van der Waals surface area contributed by atoms with Gasteiger partial charge in [-0.3, -0.25) is 4.79 Å². The number of carbonyl (C=O) groups is 1. The van der Waals surface area contributed by atoms with Gasteiger partial charge in [0.1, 0.15) is 0 Å². The van der Waals surface area contributed by atoms with Crippen LogP contribution in [0.2, 0.25) is 0 Å². The largest absolute Gasteiger partial charge is 0.326 e. The van der Waals surface area contributed by atoms with Crippen LogP contribution in [0.3, 0.4) is 0 Å². The Kier molecular flexibility index (Phi) is 2.51. The Balaban J connectivity index is 2.10. The molecule has 0 saturated heterocycles. The lowest BCUT2D eigenvalue weighted by Crippen LogP contribution is -2.15. The van der Waals surface area contributed by atoms with Gasteiger partial charge < -0.3 is 5.32 Å². The van der Waals surface area contributed by atoms with Crippen LogP contribution in [0.25, 0.3) is 0 Å². The first-order chi connectivity index (χ1) is 7.08. The molecule has 1 N–H and O–H groups in total. The molecule has 0 aromatic heterocycles. The number of carbonyl (C=O) groups excluding carboxylic acids is 1. The van der Waals surface area contributed by atoms with Crippen molar-refractivity contribution in [1.82, 2.24) is 0 Å². The van der Waals surface area contributed by atoms with Gasteiger partial charge in [0.25, 0.3) is 0 Å². The molecule has 15 heavy (non-hydrogen) atoms. The Morgan fingerprint density at radius 2 is 2.07 bits per heavy atom. The number of hydrogen-bond acceptors (Lipinski definition) is 1. The summed E-state index contributed by atoms with van der Waals surface area (Å²) >= 11 is 0. The average molecular weight is 203 g/mol. The zero-order chi connectivity index (χ0) is 11.0. The van der Waals surface area contributed by atoms with Gasteiger partial charge in [-0.25, -0.2) is 0 Å². The highest BCUT2D eigenvalue weighted by Gasteiger charge is 2.39. The van der Waals surface area contributed by atoms with E-state index < -0.39 is 0 Å². The van der Waals surface area contributed by atoms with Crippen LogP contribution in [-0.2, 0) is 4.79 Å². The molecule has 0 spiro atoms. The molecular weight excluding hydrogens is 186 g/mol. The van der Waals surface area contributed by atoms with Crippen molar-refractivity contribution in [2.75, 3.05) is 5.32 Å². The van der Waals surface area contributed by atoms with E-state index in [-0.39, 0.29) is 11.8 Å². The molecule has 2 nitrogen and oxygen atoms in total. The van der Waals surface area contributed by atoms with Crippen LogP contribution in [0, 0.1) is 25.7 Å². The van der Waals surface area contributed by atoms with Gasteiger partial charge in [0.05, 0.1) is 0 Å². The van der Waals surface area contributed by atoms with E-state index in [0.717, 1.165) is 17.7 Å². The summed E-state index contributed by atoms with van der Waals surface area (Å²) in [6.45, 7) is 6.17. The Labute approximate surface area is 90.7 Å². The molecule has 0 bridgehead atoms. The van der Waals surface area contributed by atoms with E-state index in [4.69, 9.17) is 0 Å². The minimum absolute atomic E-state index is 0.177. The molecular formula is C13H17NO. The fraction of sp³-hybridized carbons (Fsp3) is 0.462. The summed E-state index contributed by atoms with van der Waals surface area (Å²) in [5, 5.41) is 3.00. The molecule has 1 fully saturated rings. The highest BCUT2D eigenvalue weighted by Crippen LogP contribution is 2.38. The zero-order valence-electron chi connectivity index (χ0n) is 9.50. The summed E-state index contributed by atoms with van der Waals surface area (Å²) in [4.78, 5) is 11.7. The number of hydrogen-bond donors (Lipinski definition) is 1. The number of anilines is 1. The van der Waals surface area contributed by atoms with Crippen LogP contribution in [0.1, 0.15) is 24.5 Å². The van der Waals surface area contributed by atoms with E-state index in [0.29, 0.717) is 5.92 Å². The molecule has 1 aliphatic rings. The first kappa shape index (κ1) is 10.2. The molecule has 0 aliphatic heterocycles. The zero-order valence-corrected chi connectivity index (χ0v) is 9.50. The van der Waals surface area contributed by atoms with Gasteiger partial charge in [-0.15, -0.1) is 0 Å². The van der Waals surface area contributed by atoms with Gasteiger partial charge in [0.2, 0.25) is 5.91 Å². The Morgan fingerprint density at radius 3 is 2.67 bits per heavy atom. The second-order valence-electron chi connectivity index (χ2n) is 4.63. The van der Waals surface area contributed by atoms with Crippen molar-refractivity contribution in [2.24, 2.45) is 11.8 Å². The van der Waals surface area contributed by atoms with Crippen LogP contribution >= 0.6 is 0 Å². The van der Waals surface area contributed by atoms with Gasteiger partial charge >= 0.3 is 0 Å². The fourth-order valence-electron chi connectivity index (χ4n) is 1.78. The van der Waals surface area contributed by atoms with Gasteiger partial charge in [-0.2, -0.15) is 0 Å². The standard InChI is InChI=1S/C13H17NO/c1-8-4-5-9(2)12(6-8)14-13(15)11-7-10(11)3/h4-6,10-11H,7H2,1-3H3,(H,14,15)/t10-,11-/m1/s1.